The number of aromatic nitrogens is 3. The van der Waals surface area contributed by atoms with E-state index in [-0.39, 0.29) is 17.5 Å². The number of anilines is 1. The van der Waals surface area contributed by atoms with Gasteiger partial charge in [0, 0.05) is 51.0 Å². The third-order valence-corrected chi connectivity index (χ3v) is 5.82. The van der Waals surface area contributed by atoms with Crippen LogP contribution < -0.4 is 15.8 Å². The van der Waals surface area contributed by atoms with Crippen molar-refractivity contribution in [1.29, 1.82) is 0 Å². The van der Waals surface area contributed by atoms with E-state index in [1.807, 2.05) is 24.4 Å². The lowest BCUT2D eigenvalue weighted by atomic mass is 10.1. The van der Waals surface area contributed by atoms with Gasteiger partial charge in [-0.15, -0.1) is 0 Å². The van der Waals surface area contributed by atoms with Crippen molar-refractivity contribution in [3.05, 3.63) is 63.8 Å². The van der Waals surface area contributed by atoms with Gasteiger partial charge in [-0.25, -0.2) is 4.98 Å². The number of pyridine rings is 3. The number of hydrogen-bond acceptors (Lipinski definition) is 6. The van der Waals surface area contributed by atoms with E-state index in [1.165, 1.54) is 0 Å². The maximum atomic E-state index is 11.9. The first kappa shape index (κ1) is 20.0. The van der Waals surface area contributed by atoms with E-state index in [2.05, 4.69) is 37.0 Å². The van der Waals surface area contributed by atoms with Crippen LogP contribution in [-0.4, -0.2) is 59.0 Å². The summed E-state index contributed by atoms with van der Waals surface area (Å²) >= 11 is 0. The summed E-state index contributed by atoms with van der Waals surface area (Å²) in [6.07, 6.45) is 3.66. The largest absolute Gasteiger partial charge is 0.368 e. The molecule has 3 aromatic rings. The molecule has 0 aliphatic carbocycles. The first-order valence-electron chi connectivity index (χ1n) is 10.1. The number of hydrogen-bond donors (Lipinski definition) is 2. The second-order valence-electron chi connectivity index (χ2n) is 7.66. The molecule has 0 bridgehead atoms. The number of fused-ring (bicyclic) bond motifs is 1. The Morgan fingerprint density at radius 2 is 1.90 bits per heavy atom. The quantitative estimate of drug-likeness (QED) is 0.687. The van der Waals surface area contributed by atoms with E-state index in [4.69, 9.17) is 0 Å². The maximum Gasteiger partial charge on any atom is 0.269 e. The molecular formula is C22H26N6O2. The molecule has 156 valence electrons. The van der Waals surface area contributed by atoms with Crippen molar-refractivity contribution < 1.29 is 4.79 Å². The summed E-state index contributed by atoms with van der Waals surface area (Å²) in [5.74, 6) is -0.180. The Kier molecular flexibility index (Phi) is 5.50. The van der Waals surface area contributed by atoms with Crippen molar-refractivity contribution in [3.63, 3.8) is 0 Å². The van der Waals surface area contributed by atoms with Crippen molar-refractivity contribution in [2.45, 2.75) is 19.9 Å². The van der Waals surface area contributed by atoms with Gasteiger partial charge in [-0.2, -0.15) is 0 Å². The molecule has 1 aliphatic heterocycles. The molecule has 2 N–H and O–H groups in total. The van der Waals surface area contributed by atoms with E-state index < -0.39 is 0 Å². The SMILES string of the molecule is CNC(=O)c1ccc(N2CCN(C(C)c3cnc4cc(C)c(=O)[nH]c4c3)CC2)cn1. The second kappa shape index (κ2) is 8.23. The molecule has 8 nitrogen and oxygen atoms in total. The highest BCUT2D eigenvalue weighted by Gasteiger charge is 2.23. The smallest absolute Gasteiger partial charge is 0.269 e. The van der Waals surface area contributed by atoms with Crippen LogP contribution >= 0.6 is 0 Å². The lowest BCUT2D eigenvalue weighted by Gasteiger charge is -2.39. The van der Waals surface area contributed by atoms with Crippen LogP contribution in [0, 0.1) is 6.92 Å². The Bertz CT molecular complexity index is 1120. The number of carbonyl (C=O) groups excluding carboxylic acids is 1. The average molecular weight is 406 g/mol. The molecule has 1 atom stereocenters. The van der Waals surface area contributed by atoms with Crippen LogP contribution in [0.5, 0.6) is 0 Å². The molecule has 0 aromatic carbocycles. The summed E-state index contributed by atoms with van der Waals surface area (Å²) in [7, 11) is 1.60. The van der Waals surface area contributed by atoms with Gasteiger partial charge in [-0.05, 0) is 43.7 Å². The zero-order valence-corrected chi connectivity index (χ0v) is 17.5. The van der Waals surface area contributed by atoms with E-state index >= 15 is 0 Å². The fourth-order valence-corrected chi connectivity index (χ4v) is 3.84. The number of carbonyl (C=O) groups is 1. The zero-order valence-electron chi connectivity index (χ0n) is 17.5. The molecule has 30 heavy (non-hydrogen) atoms. The van der Waals surface area contributed by atoms with Crippen molar-refractivity contribution in [2.24, 2.45) is 0 Å². The minimum atomic E-state index is -0.180. The number of rotatable bonds is 4. The molecule has 0 saturated carbocycles. The zero-order chi connectivity index (χ0) is 21.3. The molecule has 1 unspecified atom stereocenters. The predicted octanol–water partition coefficient (Wildman–Crippen LogP) is 1.87. The Morgan fingerprint density at radius 3 is 2.57 bits per heavy atom. The van der Waals surface area contributed by atoms with Crippen LogP contribution in [0.1, 0.15) is 34.6 Å². The topological polar surface area (TPSA) is 94.2 Å². The standard InChI is InChI=1S/C22H26N6O2/c1-14-10-19-20(26-21(14)29)11-16(12-24-19)15(2)27-6-8-28(9-7-27)17-4-5-18(25-13-17)22(30)23-3/h4-5,10-13,15H,6-9H2,1-3H3,(H,23,30)(H,26,29). The van der Waals surface area contributed by atoms with Gasteiger partial charge in [0.25, 0.3) is 11.5 Å². The van der Waals surface area contributed by atoms with Crippen LogP contribution in [0.3, 0.4) is 0 Å². The summed E-state index contributed by atoms with van der Waals surface area (Å²) in [4.78, 5) is 40.0. The molecule has 3 aromatic heterocycles. The molecule has 4 heterocycles. The highest BCUT2D eigenvalue weighted by atomic mass is 16.1. The molecule has 0 radical (unpaired) electrons. The third kappa shape index (κ3) is 3.91. The number of nitrogens with zero attached hydrogens (tertiary/aromatic N) is 4. The van der Waals surface area contributed by atoms with E-state index in [0.29, 0.717) is 11.3 Å². The number of H-pyrrole nitrogens is 1. The molecule has 4 rings (SSSR count). The normalized spacial score (nSPS) is 15.9. The molecule has 1 aliphatic rings. The number of aryl methyl sites for hydroxylation is 1. The van der Waals surface area contributed by atoms with E-state index in [1.54, 1.807) is 26.2 Å². The first-order chi connectivity index (χ1) is 14.5. The van der Waals surface area contributed by atoms with Crippen molar-refractivity contribution in [1.82, 2.24) is 25.2 Å². The first-order valence-corrected chi connectivity index (χ1v) is 10.1. The van der Waals surface area contributed by atoms with Crippen LogP contribution in [0.2, 0.25) is 0 Å². The van der Waals surface area contributed by atoms with Gasteiger partial charge < -0.3 is 15.2 Å². The number of nitrogens with one attached hydrogen (secondary N) is 2. The third-order valence-electron chi connectivity index (χ3n) is 5.82. The molecule has 0 spiro atoms. The summed E-state index contributed by atoms with van der Waals surface area (Å²) in [6, 6.07) is 7.75. The van der Waals surface area contributed by atoms with Gasteiger partial charge in [0.1, 0.15) is 5.69 Å². The summed E-state index contributed by atoms with van der Waals surface area (Å²) < 4.78 is 0. The number of amides is 1. The lowest BCUT2D eigenvalue weighted by molar-refractivity contribution is 0.0958. The minimum absolute atomic E-state index is 0.0706. The Hall–Kier alpha value is -3.26. The summed E-state index contributed by atoms with van der Waals surface area (Å²) in [6.45, 7) is 7.52. The van der Waals surface area contributed by atoms with Crippen LogP contribution in [-0.2, 0) is 0 Å². The molecule has 1 fully saturated rings. The van der Waals surface area contributed by atoms with Gasteiger partial charge in [0.2, 0.25) is 0 Å². The second-order valence-corrected chi connectivity index (χ2v) is 7.66. The Morgan fingerprint density at radius 1 is 1.13 bits per heavy atom. The summed E-state index contributed by atoms with van der Waals surface area (Å²) in [5.41, 5.74) is 4.72. The van der Waals surface area contributed by atoms with E-state index in [9.17, 15) is 9.59 Å². The fraction of sp³-hybridized carbons (Fsp3) is 0.364. The lowest BCUT2D eigenvalue weighted by Crippen LogP contribution is -2.47. The highest BCUT2D eigenvalue weighted by Crippen LogP contribution is 2.25. The van der Waals surface area contributed by atoms with Gasteiger partial charge in [0.05, 0.1) is 22.9 Å². The fourth-order valence-electron chi connectivity index (χ4n) is 3.84. The molecule has 8 heteroatoms. The van der Waals surface area contributed by atoms with Crippen LogP contribution in [0.25, 0.3) is 11.0 Å². The van der Waals surface area contributed by atoms with Crippen molar-refractivity contribution in [2.75, 3.05) is 38.1 Å². The average Bonchev–Trinajstić information content (AvgIpc) is 2.79. The van der Waals surface area contributed by atoms with Crippen molar-refractivity contribution in [3.8, 4) is 0 Å². The van der Waals surface area contributed by atoms with Gasteiger partial charge in [0.15, 0.2) is 0 Å². The van der Waals surface area contributed by atoms with Gasteiger partial charge in [-0.1, -0.05) is 0 Å². The Labute approximate surface area is 175 Å². The maximum absolute atomic E-state index is 11.9. The highest BCUT2D eigenvalue weighted by molar-refractivity contribution is 5.92. The van der Waals surface area contributed by atoms with Crippen LogP contribution in [0.4, 0.5) is 5.69 Å². The van der Waals surface area contributed by atoms with Crippen molar-refractivity contribution >= 4 is 22.6 Å². The summed E-state index contributed by atoms with van der Waals surface area (Å²) in [5, 5.41) is 2.58. The number of aromatic amines is 1. The van der Waals surface area contributed by atoms with E-state index in [0.717, 1.165) is 48.5 Å². The number of piperazine rings is 1. The minimum Gasteiger partial charge on any atom is -0.368 e. The molecule has 1 saturated heterocycles. The molecular weight excluding hydrogens is 380 g/mol. The predicted molar refractivity (Wildman–Crippen MR) is 117 cm³/mol. The van der Waals surface area contributed by atoms with Gasteiger partial charge in [-0.3, -0.25) is 19.5 Å². The van der Waals surface area contributed by atoms with Gasteiger partial charge >= 0.3 is 0 Å². The molecule has 1 amide bonds. The van der Waals surface area contributed by atoms with Crippen LogP contribution in [0.15, 0.2) is 41.5 Å². The Balaban J connectivity index is 1.43. The monoisotopic (exact) mass is 406 g/mol.